The van der Waals surface area contributed by atoms with Gasteiger partial charge in [0.1, 0.15) is 5.75 Å². The summed E-state index contributed by atoms with van der Waals surface area (Å²) >= 11 is 5.91. The van der Waals surface area contributed by atoms with Crippen LogP contribution in [0.3, 0.4) is 0 Å². The lowest BCUT2D eigenvalue weighted by Crippen LogP contribution is -2.39. The summed E-state index contributed by atoms with van der Waals surface area (Å²) < 4.78 is 5.42. The normalized spacial score (nSPS) is 10.8. The van der Waals surface area contributed by atoms with E-state index < -0.39 is 11.8 Å². The van der Waals surface area contributed by atoms with Crippen LogP contribution in [-0.4, -0.2) is 31.2 Å². The van der Waals surface area contributed by atoms with Crippen molar-refractivity contribution < 1.29 is 14.3 Å². The molecule has 0 unspecified atom stereocenters. The van der Waals surface area contributed by atoms with Crippen molar-refractivity contribution in [2.75, 3.05) is 13.2 Å². The molecule has 2 amide bonds. The Kier molecular flexibility index (Phi) is 7.39. The fraction of sp³-hybridized carbons (Fsp3) is 0.400. The third-order valence-electron chi connectivity index (χ3n) is 2.52. The SMILES string of the molecule is CCOc1ccc(Cl)cc1/C=N\NC(=O)C(=O)NCC(C)C. The van der Waals surface area contributed by atoms with Crippen molar-refractivity contribution in [1.29, 1.82) is 0 Å². The van der Waals surface area contributed by atoms with Gasteiger partial charge in [0, 0.05) is 17.1 Å². The molecule has 0 saturated carbocycles. The van der Waals surface area contributed by atoms with Crippen molar-refractivity contribution in [3.05, 3.63) is 28.8 Å². The number of hydrogen-bond donors (Lipinski definition) is 2. The van der Waals surface area contributed by atoms with Crippen molar-refractivity contribution in [1.82, 2.24) is 10.7 Å². The smallest absolute Gasteiger partial charge is 0.329 e. The molecule has 0 bridgehead atoms. The maximum atomic E-state index is 11.5. The summed E-state index contributed by atoms with van der Waals surface area (Å²) in [6.07, 6.45) is 1.38. The molecule has 0 atom stereocenters. The molecule has 1 aromatic carbocycles. The van der Waals surface area contributed by atoms with Crippen LogP contribution in [0.5, 0.6) is 5.75 Å². The Morgan fingerprint density at radius 2 is 2.09 bits per heavy atom. The van der Waals surface area contributed by atoms with E-state index in [1.807, 2.05) is 20.8 Å². The lowest BCUT2D eigenvalue weighted by Gasteiger charge is -2.07. The Hall–Kier alpha value is -2.08. The molecule has 7 heteroatoms. The Labute approximate surface area is 134 Å². The predicted molar refractivity (Wildman–Crippen MR) is 86.2 cm³/mol. The molecule has 6 nitrogen and oxygen atoms in total. The molecule has 0 aliphatic carbocycles. The maximum absolute atomic E-state index is 11.5. The predicted octanol–water partition coefficient (Wildman–Crippen LogP) is 1.96. The minimum atomic E-state index is -0.822. The van der Waals surface area contributed by atoms with Gasteiger partial charge in [0.15, 0.2) is 0 Å². The molecule has 1 aromatic rings. The van der Waals surface area contributed by atoms with E-state index in [0.29, 0.717) is 29.5 Å². The van der Waals surface area contributed by atoms with E-state index in [-0.39, 0.29) is 5.92 Å². The van der Waals surface area contributed by atoms with Crippen LogP contribution in [0, 0.1) is 5.92 Å². The largest absolute Gasteiger partial charge is 0.493 e. The number of benzene rings is 1. The number of hydrogen-bond acceptors (Lipinski definition) is 4. The minimum Gasteiger partial charge on any atom is -0.493 e. The second-order valence-corrected chi connectivity index (χ2v) is 5.35. The molecule has 0 spiro atoms. The van der Waals surface area contributed by atoms with Crippen molar-refractivity contribution >= 4 is 29.6 Å². The fourth-order valence-corrected chi connectivity index (χ4v) is 1.68. The first-order chi connectivity index (χ1) is 10.4. The van der Waals surface area contributed by atoms with Gasteiger partial charge in [-0.2, -0.15) is 5.10 Å². The van der Waals surface area contributed by atoms with Gasteiger partial charge in [-0.3, -0.25) is 9.59 Å². The number of halogens is 1. The number of rotatable bonds is 6. The summed E-state index contributed by atoms with van der Waals surface area (Å²) in [7, 11) is 0. The molecule has 2 N–H and O–H groups in total. The zero-order valence-corrected chi connectivity index (χ0v) is 13.6. The standard InChI is InChI=1S/C15H20ClN3O3/c1-4-22-13-6-5-12(16)7-11(13)9-18-19-15(21)14(20)17-8-10(2)3/h5-7,9-10H,4,8H2,1-3H3,(H,17,20)(H,19,21)/b18-9-. The van der Waals surface area contributed by atoms with Crippen LogP contribution in [0.4, 0.5) is 0 Å². The molecule has 1 rings (SSSR count). The highest BCUT2D eigenvalue weighted by Crippen LogP contribution is 2.21. The summed E-state index contributed by atoms with van der Waals surface area (Å²) in [6.45, 7) is 6.65. The maximum Gasteiger partial charge on any atom is 0.329 e. The molecule has 0 aliphatic rings. The second kappa shape index (κ2) is 9.04. The van der Waals surface area contributed by atoms with E-state index in [0.717, 1.165) is 0 Å². The molecular weight excluding hydrogens is 306 g/mol. The number of ether oxygens (including phenoxy) is 1. The van der Waals surface area contributed by atoms with Crippen molar-refractivity contribution in [3.8, 4) is 5.75 Å². The molecule has 0 radical (unpaired) electrons. The van der Waals surface area contributed by atoms with E-state index in [1.54, 1.807) is 18.2 Å². The summed E-state index contributed by atoms with van der Waals surface area (Å²) in [6, 6.07) is 5.06. The number of carbonyl (C=O) groups excluding carboxylic acids is 2. The highest BCUT2D eigenvalue weighted by molar-refractivity contribution is 6.35. The summed E-state index contributed by atoms with van der Waals surface area (Å²) in [5.74, 6) is -0.687. The Morgan fingerprint density at radius 1 is 1.36 bits per heavy atom. The van der Waals surface area contributed by atoms with Gasteiger partial charge >= 0.3 is 11.8 Å². The zero-order valence-electron chi connectivity index (χ0n) is 12.9. The van der Waals surface area contributed by atoms with Gasteiger partial charge in [0.05, 0.1) is 12.8 Å². The average molecular weight is 326 g/mol. The van der Waals surface area contributed by atoms with Crippen LogP contribution < -0.4 is 15.5 Å². The van der Waals surface area contributed by atoms with Gasteiger partial charge in [0.2, 0.25) is 0 Å². The van der Waals surface area contributed by atoms with Crippen LogP contribution >= 0.6 is 11.6 Å². The first-order valence-electron chi connectivity index (χ1n) is 6.97. The quantitative estimate of drug-likeness (QED) is 0.476. The Balaban J connectivity index is 2.63. The molecular formula is C15H20ClN3O3. The summed E-state index contributed by atoms with van der Waals surface area (Å²) in [4.78, 5) is 23.0. The first-order valence-corrected chi connectivity index (χ1v) is 7.35. The van der Waals surface area contributed by atoms with Crippen LogP contribution in [0.1, 0.15) is 26.3 Å². The third kappa shape index (κ3) is 6.13. The van der Waals surface area contributed by atoms with E-state index >= 15 is 0 Å². The fourth-order valence-electron chi connectivity index (χ4n) is 1.50. The lowest BCUT2D eigenvalue weighted by atomic mass is 10.2. The van der Waals surface area contributed by atoms with Crippen molar-refractivity contribution in [2.45, 2.75) is 20.8 Å². The third-order valence-corrected chi connectivity index (χ3v) is 2.75. The van der Waals surface area contributed by atoms with E-state index in [4.69, 9.17) is 16.3 Å². The highest BCUT2D eigenvalue weighted by Gasteiger charge is 2.12. The molecule has 0 saturated heterocycles. The number of nitrogens with zero attached hydrogens (tertiary/aromatic N) is 1. The molecule has 0 fully saturated rings. The lowest BCUT2D eigenvalue weighted by molar-refractivity contribution is -0.139. The second-order valence-electron chi connectivity index (χ2n) is 4.92. The molecule has 120 valence electrons. The highest BCUT2D eigenvalue weighted by atomic mass is 35.5. The number of nitrogens with one attached hydrogen (secondary N) is 2. The Bertz CT molecular complexity index is 559. The van der Waals surface area contributed by atoms with Gasteiger partial charge in [-0.1, -0.05) is 25.4 Å². The van der Waals surface area contributed by atoms with Crippen molar-refractivity contribution in [2.24, 2.45) is 11.0 Å². The van der Waals surface area contributed by atoms with Crippen molar-refractivity contribution in [3.63, 3.8) is 0 Å². The number of carbonyl (C=O) groups is 2. The Morgan fingerprint density at radius 3 is 2.73 bits per heavy atom. The van der Waals surface area contributed by atoms with Crippen LogP contribution in [0.15, 0.2) is 23.3 Å². The molecule has 0 aromatic heterocycles. The molecule has 0 aliphatic heterocycles. The van der Waals surface area contributed by atoms with Gasteiger partial charge in [0.25, 0.3) is 0 Å². The van der Waals surface area contributed by atoms with Gasteiger partial charge < -0.3 is 10.1 Å². The zero-order chi connectivity index (χ0) is 16.5. The van der Waals surface area contributed by atoms with Gasteiger partial charge in [-0.15, -0.1) is 0 Å². The topological polar surface area (TPSA) is 79.8 Å². The van der Waals surface area contributed by atoms with Crippen LogP contribution in [-0.2, 0) is 9.59 Å². The van der Waals surface area contributed by atoms with Gasteiger partial charge in [-0.25, -0.2) is 5.43 Å². The monoisotopic (exact) mass is 325 g/mol. The summed E-state index contributed by atoms with van der Waals surface area (Å²) in [5, 5.41) is 6.77. The van der Waals surface area contributed by atoms with Crippen LogP contribution in [0.25, 0.3) is 0 Å². The number of hydrazone groups is 1. The summed E-state index contributed by atoms with van der Waals surface area (Å²) in [5.41, 5.74) is 2.77. The minimum absolute atomic E-state index is 0.264. The van der Waals surface area contributed by atoms with Gasteiger partial charge in [-0.05, 0) is 31.0 Å². The van der Waals surface area contributed by atoms with E-state index in [2.05, 4.69) is 15.8 Å². The first kappa shape index (κ1) is 18.0. The van der Waals surface area contributed by atoms with Crippen LogP contribution in [0.2, 0.25) is 5.02 Å². The van der Waals surface area contributed by atoms with E-state index in [9.17, 15) is 9.59 Å². The number of amides is 2. The molecule has 0 heterocycles. The average Bonchev–Trinajstić information content (AvgIpc) is 2.47. The molecule has 22 heavy (non-hydrogen) atoms. The van der Waals surface area contributed by atoms with E-state index in [1.165, 1.54) is 6.21 Å².